The van der Waals surface area contributed by atoms with Crippen LogP contribution in [0.1, 0.15) is 30.9 Å². The number of amides is 1. The summed E-state index contributed by atoms with van der Waals surface area (Å²) < 4.78 is 36.0. The number of rotatable bonds is 10. The molecule has 0 aromatic heterocycles. The van der Waals surface area contributed by atoms with Gasteiger partial charge in [-0.1, -0.05) is 24.3 Å². The van der Waals surface area contributed by atoms with Gasteiger partial charge in [-0.3, -0.25) is 19.9 Å². The minimum absolute atomic E-state index is 0.0148. The molecule has 7 N–H and O–H groups in total. The van der Waals surface area contributed by atoms with Gasteiger partial charge in [0.2, 0.25) is 5.91 Å². The highest BCUT2D eigenvalue weighted by atomic mass is 32.2. The lowest BCUT2D eigenvalue weighted by atomic mass is 10.0. The van der Waals surface area contributed by atoms with Gasteiger partial charge in [0, 0.05) is 31.5 Å². The van der Waals surface area contributed by atoms with Crippen LogP contribution in [0.4, 0.5) is 5.69 Å². The molecule has 1 fully saturated rings. The summed E-state index contributed by atoms with van der Waals surface area (Å²) in [5.41, 5.74) is 12.5. The van der Waals surface area contributed by atoms with Crippen LogP contribution >= 0.6 is 0 Å². The van der Waals surface area contributed by atoms with E-state index in [4.69, 9.17) is 27.0 Å². The number of carbonyl (C=O) groups is 1. The number of nitrogen functional groups attached to an aromatic ring is 1. The van der Waals surface area contributed by atoms with Crippen molar-refractivity contribution in [3.63, 3.8) is 0 Å². The molecule has 39 heavy (non-hydrogen) atoms. The van der Waals surface area contributed by atoms with Gasteiger partial charge >= 0.3 is 10.2 Å². The molecule has 0 saturated carbocycles. The summed E-state index contributed by atoms with van der Waals surface area (Å²) in [6.07, 6.45) is 1.60. The molecule has 0 radical (unpaired) electrons. The number of hydrogen-bond acceptors (Lipinski definition) is 6. The van der Waals surface area contributed by atoms with E-state index in [-0.39, 0.29) is 18.5 Å². The van der Waals surface area contributed by atoms with E-state index in [1.165, 1.54) is 4.31 Å². The summed E-state index contributed by atoms with van der Waals surface area (Å²) >= 11 is 0. The molecular formula is C27H33N7O4S. The molecule has 4 rings (SSSR count). The van der Waals surface area contributed by atoms with Crippen molar-refractivity contribution in [3.8, 4) is 5.75 Å². The van der Waals surface area contributed by atoms with Gasteiger partial charge < -0.3 is 21.1 Å². The van der Waals surface area contributed by atoms with Gasteiger partial charge in [-0.05, 0) is 59.7 Å². The fourth-order valence-electron chi connectivity index (χ4n) is 4.48. The molecular weight excluding hydrogens is 518 g/mol. The lowest BCUT2D eigenvalue weighted by Gasteiger charge is -2.33. The number of primary amides is 1. The summed E-state index contributed by atoms with van der Waals surface area (Å²) in [4.78, 5) is 13.3. The molecule has 0 spiro atoms. The van der Waals surface area contributed by atoms with Crippen molar-refractivity contribution in [2.24, 2.45) is 11.5 Å². The number of carbonyl (C=O) groups excluding carboxylic acids is 1. The minimum Gasteiger partial charge on any atom is -0.490 e. The molecule has 3 aromatic carbocycles. The summed E-state index contributed by atoms with van der Waals surface area (Å²) in [5, 5.41) is 17.2. The van der Waals surface area contributed by atoms with Crippen molar-refractivity contribution >= 4 is 44.2 Å². The maximum atomic E-state index is 13.2. The molecule has 1 saturated heterocycles. The van der Waals surface area contributed by atoms with E-state index in [0.717, 1.165) is 36.7 Å². The molecule has 0 aliphatic carbocycles. The SMILES string of the molecule is CC(=N)N1CCC(Oc2ccc(N(Cc3ccc4ccc(C(=N)N)cc4c3)S(=O)(=O)NCC(N)=O)cc2)CC1. The van der Waals surface area contributed by atoms with Gasteiger partial charge in [-0.15, -0.1) is 0 Å². The standard InChI is InChI=1S/C27H33N7O4S/c1-18(28)33-12-10-25(11-13-33)38-24-8-6-23(7-9-24)34(39(36,37)32-16-26(29)35)17-19-2-3-20-4-5-21(27(30)31)15-22(20)14-19/h2-9,14-15,25,28,32H,10-13,16-17H2,1H3,(H2,29,35)(H3,30,31). The second kappa shape index (κ2) is 11.7. The molecule has 1 aliphatic heterocycles. The second-order valence-corrected chi connectivity index (χ2v) is 11.2. The molecule has 0 atom stereocenters. The van der Waals surface area contributed by atoms with E-state index in [1.807, 2.05) is 29.2 Å². The smallest absolute Gasteiger partial charge is 0.302 e. The highest BCUT2D eigenvalue weighted by Crippen LogP contribution is 2.27. The fraction of sp³-hybridized carbons (Fsp3) is 0.296. The van der Waals surface area contributed by atoms with Crippen LogP contribution in [0, 0.1) is 10.8 Å². The number of nitrogens with two attached hydrogens (primary N) is 2. The fourth-order valence-corrected chi connectivity index (χ4v) is 5.67. The highest BCUT2D eigenvalue weighted by molar-refractivity contribution is 7.90. The number of amidine groups is 2. The lowest BCUT2D eigenvalue weighted by Crippen LogP contribution is -2.43. The molecule has 1 amide bonds. The average Bonchev–Trinajstić information content (AvgIpc) is 2.91. The first-order valence-electron chi connectivity index (χ1n) is 12.5. The molecule has 11 nitrogen and oxygen atoms in total. The quantitative estimate of drug-likeness (QED) is 0.190. The third-order valence-corrected chi connectivity index (χ3v) is 8.03. The summed E-state index contributed by atoms with van der Waals surface area (Å²) in [5.74, 6) is 0.317. The Labute approximate surface area is 227 Å². The molecule has 1 aliphatic rings. The number of nitrogens with zero attached hydrogens (tertiary/aromatic N) is 2. The van der Waals surface area contributed by atoms with Gasteiger partial charge in [0.25, 0.3) is 0 Å². The van der Waals surface area contributed by atoms with Crippen LogP contribution in [0.3, 0.4) is 0 Å². The number of nitrogens with one attached hydrogen (secondary N) is 3. The number of likely N-dealkylation sites (tertiary alicyclic amines) is 1. The van der Waals surface area contributed by atoms with E-state index in [2.05, 4.69) is 4.72 Å². The molecule has 1 heterocycles. The van der Waals surface area contributed by atoms with Crippen LogP contribution in [-0.4, -0.2) is 56.6 Å². The average molecular weight is 552 g/mol. The van der Waals surface area contributed by atoms with E-state index < -0.39 is 22.7 Å². The number of anilines is 1. The molecule has 0 bridgehead atoms. The lowest BCUT2D eigenvalue weighted by molar-refractivity contribution is -0.116. The van der Waals surface area contributed by atoms with E-state index in [0.29, 0.717) is 28.4 Å². The van der Waals surface area contributed by atoms with E-state index in [9.17, 15) is 13.2 Å². The molecule has 0 unspecified atom stereocenters. The zero-order chi connectivity index (χ0) is 28.2. The van der Waals surface area contributed by atoms with Crippen molar-refractivity contribution in [2.75, 3.05) is 23.9 Å². The summed E-state index contributed by atoms with van der Waals surface area (Å²) in [7, 11) is -4.14. The first-order valence-corrected chi connectivity index (χ1v) is 14.0. The van der Waals surface area contributed by atoms with Crippen LogP contribution in [0.5, 0.6) is 5.75 Å². The van der Waals surface area contributed by atoms with Crippen molar-refractivity contribution in [2.45, 2.75) is 32.4 Å². The third-order valence-electron chi connectivity index (χ3n) is 6.60. The van der Waals surface area contributed by atoms with Gasteiger partial charge in [0.1, 0.15) is 17.7 Å². The van der Waals surface area contributed by atoms with Crippen LogP contribution < -0.4 is 25.2 Å². The van der Waals surface area contributed by atoms with E-state index in [1.54, 1.807) is 43.3 Å². The number of benzene rings is 3. The minimum atomic E-state index is -4.14. The Morgan fingerprint density at radius 2 is 1.69 bits per heavy atom. The molecule has 12 heteroatoms. The second-order valence-electron chi connectivity index (χ2n) is 9.49. The predicted octanol–water partition coefficient (Wildman–Crippen LogP) is 2.29. The zero-order valence-corrected chi connectivity index (χ0v) is 22.5. The number of hydrogen-bond donors (Lipinski definition) is 5. The zero-order valence-electron chi connectivity index (χ0n) is 21.7. The Morgan fingerprint density at radius 3 is 2.31 bits per heavy atom. The van der Waals surface area contributed by atoms with Gasteiger partial charge in [-0.2, -0.15) is 13.1 Å². The van der Waals surface area contributed by atoms with Crippen molar-refractivity contribution in [1.29, 1.82) is 10.8 Å². The van der Waals surface area contributed by atoms with Crippen LogP contribution in [0.15, 0.2) is 60.7 Å². The van der Waals surface area contributed by atoms with Crippen molar-refractivity contribution in [3.05, 3.63) is 71.8 Å². The Balaban J connectivity index is 1.57. The van der Waals surface area contributed by atoms with Crippen molar-refractivity contribution < 1.29 is 17.9 Å². The maximum Gasteiger partial charge on any atom is 0.302 e. The Hall–Kier alpha value is -4.16. The van der Waals surface area contributed by atoms with Gasteiger partial charge in [0.15, 0.2) is 0 Å². The van der Waals surface area contributed by atoms with Crippen LogP contribution in [0.25, 0.3) is 10.8 Å². The highest BCUT2D eigenvalue weighted by Gasteiger charge is 2.24. The first kappa shape index (κ1) is 27.9. The first-order chi connectivity index (χ1) is 18.5. The normalized spacial score (nSPS) is 14.2. The Morgan fingerprint density at radius 1 is 1.03 bits per heavy atom. The summed E-state index contributed by atoms with van der Waals surface area (Å²) in [6, 6.07) is 17.7. The van der Waals surface area contributed by atoms with Gasteiger partial charge in [-0.25, -0.2) is 0 Å². The van der Waals surface area contributed by atoms with Crippen LogP contribution in [0.2, 0.25) is 0 Å². The van der Waals surface area contributed by atoms with Crippen molar-refractivity contribution in [1.82, 2.24) is 9.62 Å². The Bertz CT molecular complexity index is 1480. The Kier molecular flexibility index (Phi) is 8.36. The third kappa shape index (κ3) is 7.03. The van der Waals surface area contributed by atoms with Gasteiger partial charge in [0.05, 0.1) is 24.6 Å². The number of fused-ring (bicyclic) bond motifs is 1. The maximum absolute atomic E-state index is 13.2. The topological polar surface area (TPSA) is 179 Å². The molecule has 206 valence electrons. The van der Waals surface area contributed by atoms with E-state index >= 15 is 0 Å². The summed E-state index contributed by atoms with van der Waals surface area (Å²) in [6.45, 7) is 2.74. The molecule has 3 aromatic rings. The monoisotopic (exact) mass is 551 g/mol. The number of ether oxygens (including phenoxy) is 1. The predicted molar refractivity (Wildman–Crippen MR) is 152 cm³/mol. The largest absolute Gasteiger partial charge is 0.490 e. The van der Waals surface area contributed by atoms with Crippen LogP contribution in [-0.2, 0) is 21.5 Å². The number of piperidine rings is 1.